The molecule has 2 aromatic carbocycles. The van der Waals surface area contributed by atoms with Crippen molar-refractivity contribution in [2.24, 2.45) is 0 Å². The summed E-state index contributed by atoms with van der Waals surface area (Å²) < 4.78 is 45.2. The van der Waals surface area contributed by atoms with E-state index in [4.69, 9.17) is 5.73 Å². The molecular formula is C26H25F3N6O. The first-order valence-electron chi connectivity index (χ1n) is 11.5. The normalized spacial score (nSPS) is 16.1. The molecule has 4 aromatic rings. The van der Waals surface area contributed by atoms with Crippen LogP contribution in [0, 0.1) is 24.4 Å². The van der Waals surface area contributed by atoms with Gasteiger partial charge in [0.05, 0.1) is 18.0 Å². The average molecular weight is 495 g/mol. The van der Waals surface area contributed by atoms with Gasteiger partial charge in [0.25, 0.3) is 0 Å². The van der Waals surface area contributed by atoms with Crippen LogP contribution in [0.15, 0.2) is 42.6 Å². The highest BCUT2D eigenvalue weighted by Crippen LogP contribution is 2.39. The highest BCUT2D eigenvalue weighted by atomic mass is 19.1. The maximum atomic E-state index is 15.5. The van der Waals surface area contributed by atoms with Crippen LogP contribution in [-0.4, -0.2) is 39.1 Å². The number of hydrogen-bond donors (Lipinski definition) is 1. The first-order chi connectivity index (χ1) is 17.1. The van der Waals surface area contributed by atoms with E-state index in [1.807, 2.05) is 18.4 Å². The molecule has 1 unspecified atom stereocenters. The lowest BCUT2D eigenvalue weighted by Gasteiger charge is -2.18. The number of carbonyl (C=O) groups excluding carboxylic acids is 1. The lowest BCUT2D eigenvalue weighted by Crippen LogP contribution is -2.29. The maximum absolute atomic E-state index is 15.5. The Bertz CT molecular complexity index is 1520. The van der Waals surface area contributed by atoms with Gasteiger partial charge in [-0.05, 0) is 45.0 Å². The first-order valence-corrected chi connectivity index (χ1v) is 11.5. The molecular weight excluding hydrogens is 469 g/mol. The van der Waals surface area contributed by atoms with E-state index in [9.17, 15) is 13.6 Å². The third kappa shape index (κ3) is 3.73. The highest BCUT2D eigenvalue weighted by Gasteiger charge is 2.38. The van der Waals surface area contributed by atoms with Crippen LogP contribution >= 0.6 is 0 Å². The van der Waals surface area contributed by atoms with Crippen molar-refractivity contribution in [1.82, 2.24) is 19.4 Å². The van der Waals surface area contributed by atoms with Gasteiger partial charge in [-0.25, -0.2) is 27.9 Å². The molecule has 186 valence electrons. The number of amides is 2. The van der Waals surface area contributed by atoms with Crippen LogP contribution in [0.4, 0.5) is 29.5 Å². The van der Waals surface area contributed by atoms with Gasteiger partial charge in [-0.3, -0.25) is 4.90 Å². The minimum Gasteiger partial charge on any atom is -0.383 e. The number of carbonyl (C=O) groups is 1. The van der Waals surface area contributed by atoms with Crippen LogP contribution in [0.25, 0.3) is 22.2 Å². The molecule has 2 N–H and O–H groups in total. The standard InChI is InChI=1S/C26H25F3N6O/c1-13(2)34-11-19(23-24(30)31-14(3)32-25(23)34)17-8-6-16(10-21(17)29)35-12-22(33(4)26(35)36)18-7-5-15(27)9-20(18)28/h5-11,13,22H,12H2,1-4H3,(H2,30,31,32). The molecule has 10 heteroatoms. The van der Waals surface area contributed by atoms with Crippen LogP contribution in [0.2, 0.25) is 0 Å². The summed E-state index contributed by atoms with van der Waals surface area (Å²) in [6.45, 7) is 5.82. The molecule has 1 aliphatic rings. The monoisotopic (exact) mass is 494 g/mol. The van der Waals surface area contributed by atoms with E-state index in [0.717, 1.165) is 12.1 Å². The van der Waals surface area contributed by atoms with E-state index >= 15 is 4.39 Å². The van der Waals surface area contributed by atoms with Crippen LogP contribution < -0.4 is 10.6 Å². The number of nitrogens with two attached hydrogens (primary N) is 1. The molecule has 2 aromatic heterocycles. The van der Waals surface area contributed by atoms with Crippen LogP contribution in [0.3, 0.4) is 0 Å². The summed E-state index contributed by atoms with van der Waals surface area (Å²) in [5, 5.41) is 0.560. The fraction of sp³-hybridized carbons (Fsp3) is 0.269. The molecule has 0 aliphatic carbocycles. The van der Waals surface area contributed by atoms with Crippen molar-refractivity contribution in [3.63, 3.8) is 0 Å². The van der Waals surface area contributed by atoms with Crippen LogP contribution in [0.5, 0.6) is 0 Å². The van der Waals surface area contributed by atoms with Crippen molar-refractivity contribution in [3.8, 4) is 11.1 Å². The predicted molar refractivity (Wildman–Crippen MR) is 132 cm³/mol. The maximum Gasteiger partial charge on any atom is 0.324 e. The summed E-state index contributed by atoms with van der Waals surface area (Å²) in [6.07, 6.45) is 1.81. The molecule has 0 spiro atoms. The lowest BCUT2D eigenvalue weighted by molar-refractivity contribution is 0.218. The molecule has 7 nitrogen and oxygen atoms in total. The van der Waals surface area contributed by atoms with Gasteiger partial charge >= 0.3 is 6.03 Å². The zero-order chi connectivity index (χ0) is 25.9. The number of hydrogen-bond acceptors (Lipinski definition) is 4. The van der Waals surface area contributed by atoms with Gasteiger partial charge < -0.3 is 15.2 Å². The van der Waals surface area contributed by atoms with Gasteiger partial charge in [0.15, 0.2) is 0 Å². The molecule has 36 heavy (non-hydrogen) atoms. The lowest BCUT2D eigenvalue weighted by atomic mass is 10.0. The summed E-state index contributed by atoms with van der Waals surface area (Å²) in [7, 11) is 1.53. The Morgan fingerprint density at radius 1 is 1.03 bits per heavy atom. The zero-order valence-corrected chi connectivity index (χ0v) is 20.3. The number of urea groups is 1. The summed E-state index contributed by atoms with van der Waals surface area (Å²) in [6, 6.07) is 6.75. The Labute approximate surface area is 206 Å². The van der Waals surface area contributed by atoms with Crippen molar-refractivity contribution in [1.29, 1.82) is 0 Å². The Morgan fingerprint density at radius 3 is 2.44 bits per heavy atom. The fourth-order valence-corrected chi connectivity index (χ4v) is 4.77. The van der Waals surface area contributed by atoms with Crippen molar-refractivity contribution in [2.45, 2.75) is 32.9 Å². The van der Waals surface area contributed by atoms with E-state index < -0.39 is 29.5 Å². The van der Waals surface area contributed by atoms with E-state index in [-0.39, 0.29) is 24.0 Å². The Hall–Kier alpha value is -4.08. The smallest absolute Gasteiger partial charge is 0.324 e. The number of anilines is 2. The largest absolute Gasteiger partial charge is 0.383 e. The van der Waals surface area contributed by atoms with Gasteiger partial charge in [0, 0.05) is 47.7 Å². The summed E-state index contributed by atoms with van der Waals surface area (Å²) in [4.78, 5) is 24.5. The minimum absolute atomic E-state index is 0.0545. The number of nitrogen functional groups attached to an aromatic ring is 1. The second-order valence-corrected chi connectivity index (χ2v) is 9.25. The van der Waals surface area contributed by atoms with Gasteiger partial charge in [0.1, 0.15) is 34.7 Å². The topological polar surface area (TPSA) is 80.3 Å². The van der Waals surface area contributed by atoms with E-state index in [1.165, 1.54) is 29.0 Å². The van der Waals surface area contributed by atoms with Gasteiger partial charge in [-0.15, -0.1) is 0 Å². The van der Waals surface area contributed by atoms with Crippen molar-refractivity contribution < 1.29 is 18.0 Å². The Morgan fingerprint density at radius 2 is 1.78 bits per heavy atom. The number of halogens is 3. The highest BCUT2D eigenvalue weighted by molar-refractivity contribution is 6.01. The molecule has 0 saturated carbocycles. The first kappa shape index (κ1) is 23.7. The Kier molecular flexibility index (Phi) is 5.61. The summed E-state index contributed by atoms with van der Waals surface area (Å²) >= 11 is 0. The van der Waals surface area contributed by atoms with E-state index in [2.05, 4.69) is 9.97 Å². The molecule has 3 heterocycles. The third-order valence-electron chi connectivity index (χ3n) is 6.60. The van der Waals surface area contributed by atoms with Crippen molar-refractivity contribution >= 4 is 28.6 Å². The summed E-state index contributed by atoms with van der Waals surface area (Å²) in [5.41, 5.74) is 8.20. The number of likely N-dealkylation sites (N-methyl/N-ethyl adjacent to an activating group) is 1. The molecule has 0 radical (unpaired) electrons. The fourth-order valence-electron chi connectivity index (χ4n) is 4.77. The van der Waals surface area contributed by atoms with Gasteiger partial charge in [-0.1, -0.05) is 6.07 Å². The van der Waals surface area contributed by atoms with Gasteiger partial charge in [0.2, 0.25) is 0 Å². The SMILES string of the molecule is Cc1nc(N)c2c(-c3ccc(N4CC(c5ccc(F)cc5F)N(C)C4=O)cc3F)cn(C(C)C)c2n1. The second-order valence-electron chi connectivity index (χ2n) is 9.25. The molecule has 1 fully saturated rings. The quantitative estimate of drug-likeness (QED) is 0.401. The second kappa shape index (κ2) is 8.54. The number of nitrogens with zero attached hydrogens (tertiary/aromatic N) is 5. The molecule has 0 bridgehead atoms. The third-order valence-corrected chi connectivity index (χ3v) is 6.60. The number of rotatable bonds is 4. The van der Waals surface area contributed by atoms with Gasteiger partial charge in [-0.2, -0.15) is 0 Å². The number of benzene rings is 2. The number of fused-ring (bicyclic) bond motifs is 1. The predicted octanol–water partition coefficient (Wildman–Crippen LogP) is 5.60. The molecule has 1 aliphatic heterocycles. The Balaban J connectivity index is 1.54. The molecule has 1 atom stereocenters. The summed E-state index contributed by atoms with van der Waals surface area (Å²) in [5.74, 6) is -1.21. The van der Waals surface area contributed by atoms with E-state index in [0.29, 0.717) is 33.7 Å². The van der Waals surface area contributed by atoms with E-state index in [1.54, 1.807) is 25.3 Å². The van der Waals surface area contributed by atoms with Crippen molar-refractivity contribution in [2.75, 3.05) is 24.2 Å². The zero-order valence-electron chi connectivity index (χ0n) is 20.3. The van der Waals surface area contributed by atoms with Crippen LogP contribution in [0.1, 0.15) is 37.3 Å². The van der Waals surface area contributed by atoms with Crippen LogP contribution in [-0.2, 0) is 0 Å². The minimum atomic E-state index is -0.736. The molecule has 2 amide bonds. The average Bonchev–Trinajstić information content (AvgIpc) is 3.32. The molecule has 1 saturated heterocycles. The van der Waals surface area contributed by atoms with Crippen molar-refractivity contribution in [3.05, 3.63) is 71.4 Å². The number of aryl methyl sites for hydroxylation is 1. The number of aromatic nitrogens is 3. The molecule has 5 rings (SSSR count).